The van der Waals surface area contributed by atoms with E-state index in [4.69, 9.17) is 14.5 Å². The Morgan fingerprint density at radius 3 is 2.49 bits per heavy atom. The van der Waals surface area contributed by atoms with Crippen LogP contribution in [0.2, 0.25) is 0 Å². The summed E-state index contributed by atoms with van der Waals surface area (Å²) in [5.74, 6) is 2.10. The Balaban J connectivity index is 0.842. The lowest BCUT2D eigenvalue weighted by molar-refractivity contribution is -0.142. The van der Waals surface area contributed by atoms with Crippen LogP contribution in [-0.2, 0) is 14.3 Å². The number of likely N-dealkylation sites (tertiary alicyclic amines) is 2. The van der Waals surface area contributed by atoms with Gasteiger partial charge in [-0.05, 0) is 76.8 Å². The zero-order valence-corrected chi connectivity index (χ0v) is 29.3. The normalized spacial score (nSPS) is 34.5. The van der Waals surface area contributed by atoms with E-state index in [1.165, 1.54) is 12.1 Å². The quantitative estimate of drug-likeness (QED) is 0.280. The number of nitrogens with zero attached hydrogens (tertiary/aromatic N) is 6. The van der Waals surface area contributed by atoms with Gasteiger partial charge in [-0.3, -0.25) is 24.8 Å². The number of nitriles is 1. The predicted molar refractivity (Wildman–Crippen MR) is 185 cm³/mol. The molecule has 4 N–H and O–H groups in total. The maximum absolute atomic E-state index is 13.1. The highest BCUT2D eigenvalue weighted by molar-refractivity contribution is 5.85. The van der Waals surface area contributed by atoms with Crippen LogP contribution in [0.25, 0.3) is 0 Å². The van der Waals surface area contributed by atoms with Crippen LogP contribution >= 0.6 is 0 Å². The molecule has 5 heterocycles. The van der Waals surface area contributed by atoms with Gasteiger partial charge in [0.25, 0.3) is 0 Å². The van der Waals surface area contributed by atoms with Crippen molar-refractivity contribution in [3.63, 3.8) is 0 Å². The fourth-order valence-electron chi connectivity index (χ4n) is 8.64. The third-order valence-electron chi connectivity index (χ3n) is 12.1. The molecule has 0 unspecified atom stereocenters. The topological polar surface area (TPSA) is 141 Å². The molecule has 0 saturated carbocycles. The number of amides is 1. The Labute approximate surface area is 291 Å². The van der Waals surface area contributed by atoms with Crippen molar-refractivity contribution in [1.29, 1.82) is 5.26 Å². The van der Waals surface area contributed by atoms with Gasteiger partial charge >= 0.3 is 0 Å². The van der Waals surface area contributed by atoms with Gasteiger partial charge < -0.3 is 30.1 Å². The minimum absolute atomic E-state index is 0.0809. The average molecular weight is 680 g/mol. The highest BCUT2D eigenvalue weighted by Gasteiger charge is 2.36. The van der Waals surface area contributed by atoms with Crippen LogP contribution in [0, 0.1) is 35.0 Å². The number of amidine groups is 1. The maximum Gasteiger partial charge on any atom is 0.225 e. The molecule has 6 atom stereocenters. The Bertz CT molecular complexity index is 1280. The summed E-state index contributed by atoms with van der Waals surface area (Å²) in [6.45, 7) is 9.87. The molecule has 0 aromatic rings. The van der Waals surface area contributed by atoms with Crippen LogP contribution in [0.5, 0.6) is 0 Å². The van der Waals surface area contributed by atoms with Crippen LogP contribution in [0.15, 0.2) is 28.6 Å². The molecule has 1 amide bonds. The minimum atomic E-state index is -0.529. The van der Waals surface area contributed by atoms with E-state index in [-0.39, 0.29) is 30.0 Å². The summed E-state index contributed by atoms with van der Waals surface area (Å²) < 4.78 is 11.7. The number of piperidine rings is 2. The molecular weight excluding hydrogens is 622 g/mol. The smallest absolute Gasteiger partial charge is 0.225 e. The van der Waals surface area contributed by atoms with Crippen molar-refractivity contribution in [2.75, 3.05) is 79.4 Å². The maximum atomic E-state index is 13.1. The lowest BCUT2D eigenvalue weighted by Crippen LogP contribution is -2.58. The molecule has 7 aliphatic rings. The average Bonchev–Trinajstić information content (AvgIpc) is 3.12. The summed E-state index contributed by atoms with van der Waals surface area (Å²) in [6.07, 6.45) is 11.7. The molecule has 2 aliphatic carbocycles. The number of nitrogens with one attached hydrogen (secondary N) is 3. The van der Waals surface area contributed by atoms with E-state index in [1.807, 2.05) is 16.8 Å². The molecule has 0 radical (unpaired) electrons. The van der Waals surface area contributed by atoms with Gasteiger partial charge in [-0.2, -0.15) is 5.26 Å². The number of carbonyl (C=O) groups excluding carboxylic acids is 1. The van der Waals surface area contributed by atoms with Crippen molar-refractivity contribution in [3.05, 3.63) is 23.6 Å². The van der Waals surface area contributed by atoms with E-state index in [0.29, 0.717) is 44.1 Å². The van der Waals surface area contributed by atoms with Crippen molar-refractivity contribution in [1.82, 2.24) is 35.6 Å². The Hall–Kier alpha value is -2.73. The van der Waals surface area contributed by atoms with Gasteiger partial charge in [0.1, 0.15) is 23.7 Å². The van der Waals surface area contributed by atoms with Crippen molar-refractivity contribution in [3.8, 4) is 6.07 Å². The van der Waals surface area contributed by atoms with Gasteiger partial charge in [-0.1, -0.05) is 6.08 Å². The van der Waals surface area contributed by atoms with Crippen molar-refractivity contribution < 1.29 is 19.4 Å². The fourth-order valence-corrected chi connectivity index (χ4v) is 8.64. The number of aliphatic imine (C=N–C) groups is 1. The predicted octanol–water partition coefficient (Wildman–Crippen LogP) is 1.21. The third kappa shape index (κ3) is 8.43. The number of carbonyl (C=O) groups is 1. The minimum Gasteiger partial charge on any atom is -0.497 e. The van der Waals surface area contributed by atoms with Crippen molar-refractivity contribution in [2.45, 2.75) is 82.4 Å². The molecule has 7 rings (SSSR count). The SMILES string of the molecule is CN1CC[C@@H](C(=O)N2CCC(COC3=CC[C@@H](C4=N[C@@H](NC5=CC[C@H](N6CCN(C7COC7)CC6)CC5)NCN4)C[C@H]3C#N)CC2)C[C@H]1O. The van der Waals surface area contributed by atoms with Crippen molar-refractivity contribution in [2.24, 2.45) is 28.7 Å². The van der Waals surface area contributed by atoms with E-state index in [0.717, 1.165) is 109 Å². The summed E-state index contributed by atoms with van der Waals surface area (Å²) in [6, 6.07) is 3.76. The zero-order valence-electron chi connectivity index (χ0n) is 29.3. The first-order valence-corrected chi connectivity index (χ1v) is 18.9. The molecule has 4 fully saturated rings. The number of hydrogen-bond acceptors (Lipinski definition) is 12. The number of aliphatic hydroxyl groups excluding tert-OH is 1. The highest BCUT2D eigenvalue weighted by atomic mass is 16.5. The monoisotopic (exact) mass is 679 g/mol. The first kappa shape index (κ1) is 34.7. The van der Waals surface area contributed by atoms with Gasteiger partial charge in [-0.15, -0.1) is 0 Å². The number of allylic oxidation sites excluding steroid dienone is 3. The number of hydrogen-bond donors (Lipinski definition) is 4. The molecular formula is C36H57N9O4. The second-order valence-corrected chi connectivity index (χ2v) is 15.3. The summed E-state index contributed by atoms with van der Waals surface area (Å²) in [4.78, 5) is 27.2. The molecule has 0 aromatic heterocycles. The van der Waals surface area contributed by atoms with E-state index >= 15 is 0 Å². The van der Waals surface area contributed by atoms with Crippen LogP contribution < -0.4 is 16.0 Å². The first-order valence-electron chi connectivity index (χ1n) is 18.9. The second kappa shape index (κ2) is 16.1. The standard InChI is InChI=1S/C36H57N9O4/c1-42-11-10-27(19-33(42)46)35(47)45-12-8-25(9-13-45)21-49-32-7-2-26(18-28(32)20-37)34-38-24-39-36(41-34)40-29-3-5-30(6-4-29)43-14-16-44(17-15-43)31-22-48-23-31/h3,7,25-28,30-31,33,36,39-40,46H,2,4-6,8-19,21-24H2,1H3,(H,38,41)/t26-,27-,28+,30+,33-,36-/m1/s1. The lowest BCUT2D eigenvalue weighted by atomic mass is 9.84. The highest BCUT2D eigenvalue weighted by Crippen LogP contribution is 2.32. The molecule has 0 bridgehead atoms. The molecule has 13 heteroatoms. The van der Waals surface area contributed by atoms with Crippen LogP contribution in [0.1, 0.15) is 57.8 Å². The number of rotatable bonds is 9. The summed E-state index contributed by atoms with van der Waals surface area (Å²) in [5, 5.41) is 30.8. The molecule has 49 heavy (non-hydrogen) atoms. The number of aliphatic hydroxyl groups is 1. The van der Waals surface area contributed by atoms with E-state index < -0.39 is 6.23 Å². The van der Waals surface area contributed by atoms with Gasteiger partial charge in [0, 0.05) is 69.4 Å². The Morgan fingerprint density at radius 1 is 1.04 bits per heavy atom. The number of ether oxygens (including phenoxy) is 2. The molecule has 0 spiro atoms. The van der Waals surface area contributed by atoms with Gasteiger partial charge in [0.2, 0.25) is 5.91 Å². The van der Waals surface area contributed by atoms with Crippen LogP contribution in [-0.4, -0.2) is 140 Å². The number of piperazine rings is 1. The molecule has 13 nitrogen and oxygen atoms in total. The van der Waals surface area contributed by atoms with E-state index in [1.54, 1.807) is 0 Å². The Morgan fingerprint density at radius 2 is 1.82 bits per heavy atom. The van der Waals surface area contributed by atoms with Gasteiger partial charge in [-0.25, -0.2) is 4.99 Å². The fraction of sp³-hybridized carbons (Fsp3) is 0.806. The summed E-state index contributed by atoms with van der Waals surface area (Å²) in [7, 11) is 1.90. The van der Waals surface area contributed by atoms with E-state index in [9.17, 15) is 15.2 Å². The third-order valence-corrected chi connectivity index (χ3v) is 12.1. The zero-order chi connectivity index (χ0) is 33.7. The first-order chi connectivity index (χ1) is 23.9. The van der Waals surface area contributed by atoms with Crippen LogP contribution in [0.4, 0.5) is 0 Å². The molecule has 270 valence electrons. The van der Waals surface area contributed by atoms with Crippen LogP contribution in [0.3, 0.4) is 0 Å². The summed E-state index contributed by atoms with van der Waals surface area (Å²) >= 11 is 0. The van der Waals surface area contributed by atoms with Gasteiger partial charge in [0.15, 0.2) is 6.29 Å². The van der Waals surface area contributed by atoms with Crippen molar-refractivity contribution >= 4 is 11.7 Å². The Kier molecular flexibility index (Phi) is 11.4. The van der Waals surface area contributed by atoms with E-state index in [2.05, 4.69) is 44.0 Å². The molecule has 0 aromatic carbocycles. The second-order valence-electron chi connectivity index (χ2n) is 15.3. The molecule has 5 aliphatic heterocycles. The summed E-state index contributed by atoms with van der Waals surface area (Å²) in [5.41, 5.74) is 1.27. The lowest BCUT2D eigenvalue weighted by Gasteiger charge is -2.45. The van der Waals surface area contributed by atoms with Gasteiger partial charge in [0.05, 0.1) is 38.6 Å². The molecule has 4 saturated heterocycles. The largest absolute Gasteiger partial charge is 0.497 e.